The van der Waals surface area contributed by atoms with Crippen LogP contribution in [0.2, 0.25) is 0 Å². The Morgan fingerprint density at radius 3 is 2.34 bits per heavy atom. The number of carboxylic acid groups (broad SMARTS) is 1. The van der Waals surface area contributed by atoms with E-state index in [-0.39, 0.29) is 18.2 Å². The molecule has 0 saturated carbocycles. The molecule has 2 heterocycles. The van der Waals surface area contributed by atoms with Gasteiger partial charge in [-0.05, 0) is 39.8 Å². The molecule has 4 rings (SSSR count). The van der Waals surface area contributed by atoms with Gasteiger partial charge in [0.2, 0.25) is 11.7 Å². The number of nitrogens with zero attached hydrogens (tertiary/aromatic N) is 2. The van der Waals surface area contributed by atoms with Crippen molar-refractivity contribution in [2.24, 2.45) is 0 Å². The minimum Gasteiger partial charge on any atom is -0.465 e. The highest BCUT2D eigenvalue weighted by molar-refractivity contribution is 5.88. The van der Waals surface area contributed by atoms with Crippen molar-refractivity contribution in [2.75, 3.05) is 4.90 Å². The van der Waals surface area contributed by atoms with Crippen LogP contribution >= 0.6 is 0 Å². The normalized spacial score (nSPS) is 24.3. The summed E-state index contributed by atoms with van der Waals surface area (Å²) in [4.78, 5) is 20.5. The second kappa shape index (κ2) is 7.17. The van der Waals surface area contributed by atoms with Crippen LogP contribution in [0.4, 0.5) is 10.7 Å². The largest absolute Gasteiger partial charge is 0.465 e. The summed E-state index contributed by atoms with van der Waals surface area (Å²) in [6, 6.07) is 15.3. The Labute approximate surface area is 169 Å². The summed E-state index contributed by atoms with van der Waals surface area (Å²) in [5.41, 5.74) is 3.12. The van der Waals surface area contributed by atoms with Crippen molar-refractivity contribution in [3.05, 3.63) is 59.7 Å². The Kier molecular flexibility index (Phi) is 4.80. The molecule has 0 radical (unpaired) electrons. The van der Waals surface area contributed by atoms with Gasteiger partial charge in [-0.25, -0.2) is 14.7 Å². The maximum absolute atomic E-state index is 11.6. The molecule has 7 nitrogen and oxygen atoms in total. The van der Waals surface area contributed by atoms with E-state index in [9.17, 15) is 9.90 Å². The van der Waals surface area contributed by atoms with E-state index >= 15 is 0 Å². The number of amides is 1. The average molecular weight is 395 g/mol. The highest BCUT2D eigenvalue weighted by atomic mass is 16.8. The van der Waals surface area contributed by atoms with E-state index in [2.05, 4.69) is 9.97 Å². The molecule has 3 aromatic rings. The first-order valence-electron chi connectivity index (χ1n) is 9.75. The molecule has 7 heteroatoms. The van der Waals surface area contributed by atoms with Gasteiger partial charge in [-0.2, -0.15) is 0 Å². The lowest BCUT2D eigenvalue weighted by molar-refractivity contribution is -0.147. The van der Waals surface area contributed by atoms with Crippen LogP contribution in [0.3, 0.4) is 0 Å². The molecule has 1 fully saturated rings. The van der Waals surface area contributed by atoms with Crippen molar-refractivity contribution >= 4 is 23.1 Å². The van der Waals surface area contributed by atoms with Gasteiger partial charge >= 0.3 is 6.09 Å². The van der Waals surface area contributed by atoms with Crippen LogP contribution in [0.25, 0.3) is 11.0 Å². The van der Waals surface area contributed by atoms with Crippen LogP contribution in [0, 0.1) is 0 Å². The third kappa shape index (κ3) is 3.26. The first kappa shape index (κ1) is 19.4. The zero-order valence-corrected chi connectivity index (χ0v) is 16.9. The predicted molar refractivity (Wildman–Crippen MR) is 110 cm³/mol. The summed E-state index contributed by atoms with van der Waals surface area (Å²) in [6.45, 7) is 7.60. The van der Waals surface area contributed by atoms with E-state index in [0.29, 0.717) is 11.5 Å². The molecule has 2 aromatic carbocycles. The minimum atomic E-state index is -1.05. The van der Waals surface area contributed by atoms with Crippen molar-refractivity contribution in [1.82, 2.24) is 9.97 Å². The van der Waals surface area contributed by atoms with E-state index in [1.807, 2.05) is 62.4 Å². The number of nitrogens with one attached hydrogen (secondary N) is 1. The van der Waals surface area contributed by atoms with E-state index in [4.69, 9.17) is 9.47 Å². The van der Waals surface area contributed by atoms with Crippen LogP contribution in [0.5, 0.6) is 0 Å². The molecule has 0 spiro atoms. The first-order valence-corrected chi connectivity index (χ1v) is 9.75. The Hall–Kier alpha value is -2.90. The summed E-state index contributed by atoms with van der Waals surface area (Å²) in [5.74, 6) is -0.735. The lowest BCUT2D eigenvalue weighted by atomic mass is 9.97. The molecule has 0 bridgehead atoms. The fraction of sp³-hybridized carbons (Fsp3) is 0.364. The second-order valence-corrected chi connectivity index (χ2v) is 7.67. The zero-order chi connectivity index (χ0) is 20.8. The topological polar surface area (TPSA) is 87.7 Å². The fourth-order valence-corrected chi connectivity index (χ4v) is 3.71. The third-order valence-corrected chi connectivity index (χ3v) is 5.32. The Morgan fingerprint density at radius 2 is 1.76 bits per heavy atom. The number of aromatic amines is 1. The van der Waals surface area contributed by atoms with E-state index in [0.717, 1.165) is 16.6 Å². The molecule has 152 valence electrons. The van der Waals surface area contributed by atoms with Gasteiger partial charge in [-0.3, -0.25) is 0 Å². The van der Waals surface area contributed by atoms with Crippen LogP contribution in [0.1, 0.15) is 38.8 Å². The molecule has 0 aliphatic carbocycles. The average Bonchev–Trinajstić information content (AvgIpc) is 3.22. The highest BCUT2D eigenvalue weighted by Gasteiger charge is 2.47. The smallest absolute Gasteiger partial charge is 0.414 e. The van der Waals surface area contributed by atoms with Gasteiger partial charge in [0.15, 0.2) is 0 Å². The van der Waals surface area contributed by atoms with Gasteiger partial charge < -0.3 is 19.6 Å². The number of benzene rings is 2. The van der Waals surface area contributed by atoms with E-state index in [1.54, 1.807) is 13.8 Å². The Balaban J connectivity index is 1.83. The molecule has 1 aromatic heterocycles. The molecule has 2 atom stereocenters. The number of carbonyl (C=O) groups is 1. The number of aromatic nitrogens is 2. The lowest BCUT2D eigenvalue weighted by Crippen LogP contribution is -2.36. The van der Waals surface area contributed by atoms with Crippen molar-refractivity contribution in [3.63, 3.8) is 0 Å². The highest BCUT2D eigenvalue weighted by Crippen LogP contribution is 2.43. The Morgan fingerprint density at radius 1 is 1.10 bits per heavy atom. The molecule has 2 N–H and O–H groups in total. The number of hydrogen-bond acceptors (Lipinski definition) is 4. The number of rotatable bonds is 4. The van der Waals surface area contributed by atoms with Gasteiger partial charge in [-0.15, -0.1) is 0 Å². The predicted octanol–water partition coefficient (Wildman–Crippen LogP) is 4.48. The quantitative estimate of drug-likeness (QED) is 0.680. The fourth-order valence-electron chi connectivity index (χ4n) is 3.71. The summed E-state index contributed by atoms with van der Waals surface area (Å²) in [5, 5.41) is 9.52. The van der Waals surface area contributed by atoms with Gasteiger partial charge in [-0.1, -0.05) is 36.4 Å². The molecule has 2 unspecified atom stereocenters. The second-order valence-electron chi connectivity index (χ2n) is 7.67. The third-order valence-electron chi connectivity index (χ3n) is 5.32. The van der Waals surface area contributed by atoms with Crippen molar-refractivity contribution < 1.29 is 19.4 Å². The monoisotopic (exact) mass is 395 g/mol. The molecular weight excluding hydrogens is 370 g/mol. The number of imidazole rings is 1. The van der Waals surface area contributed by atoms with Crippen LogP contribution < -0.4 is 4.90 Å². The zero-order valence-electron chi connectivity index (χ0n) is 16.9. The lowest BCUT2D eigenvalue weighted by Gasteiger charge is -2.29. The van der Waals surface area contributed by atoms with E-state index in [1.165, 1.54) is 4.90 Å². The van der Waals surface area contributed by atoms with Gasteiger partial charge in [0.25, 0.3) is 0 Å². The summed E-state index contributed by atoms with van der Waals surface area (Å²) in [7, 11) is 0. The maximum Gasteiger partial charge on any atom is 0.414 e. The molecule has 1 amide bonds. The molecule has 29 heavy (non-hydrogen) atoms. The van der Waals surface area contributed by atoms with Crippen molar-refractivity contribution in [1.29, 1.82) is 0 Å². The van der Waals surface area contributed by atoms with Crippen LogP contribution in [-0.4, -0.2) is 39.4 Å². The maximum atomic E-state index is 11.6. The van der Waals surface area contributed by atoms with Gasteiger partial charge in [0.05, 0.1) is 23.2 Å². The molecule has 1 aliphatic rings. The standard InChI is InChI=1S/C22H25N3O4/c1-13(2)25(21(26)27)20-23-18-11-10-17(12-19(18)24-20)22(16-8-6-5-7-9-16)28-14(3)15(4)29-22/h5-15H,1-4H3,(H,23,24)(H,26,27). The van der Waals surface area contributed by atoms with Crippen LogP contribution in [0.15, 0.2) is 48.5 Å². The SMILES string of the molecule is CC1OC(c2ccccc2)(c2ccc3[nH]c(N(C(=O)O)C(C)C)nc3c2)OC1C. The van der Waals surface area contributed by atoms with E-state index < -0.39 is 11.9 Å². The number of fused-ring (bicyclic) bond motifs is 1. The Bertz CT molecular complexity index is 1020. The number of anilines is 1. The number of ether oxygens (including phenoxy) is 2. The summed E-state index contributed by atoms with van der Waals surface area (Å²) < 4.78 is 12.7. The number of H-pyrrole nitrogens is 1. The van der Waals surface area contributed by atoms with Crippen molar-refractivity contribution in [2.45, 2.75) is 51.7 Å². The summed E-state index contributed by atoms with van der Waals surface area (Å²) >= 11 is 0. The minimum absolute atomic E-state index is 0.0795. The van der Waals surface area contributed by atoms with Gasteiger partial charge in [0, 0.05) is 17.2 Å². The first-order chi connectivity index (χ1) is 13.8. The van der Waals surface area contributed by atoms with Crippen LogP contribution in [-0.2, 0) is 15.3 Å². The molecular formula is C22H25N3O4. The van der Waals surface area contributed by atoms with Gasteiger partial charge in [0.1, 0.15) is 0 Å². The van der Waals surface area contributed by atoms with Crippen molar-refractivity contribution in [3.8, 4) is 0 Å². The molecule has 1 aliphatic heterocycles. The number of hydrogen-bond donors (Lipinski definition) is 2. The summed E-state index contributed by atoms with van der Waals surface area (Å²) in [6.07, 6.45) is -1.21. The molecule has 1 saturated heterocycles.